The van der Waals surface area contributed by atoms with Crippen LogP contribution in [0.1, 0.15) is 49.8 Å². The van der Waals surface area contributed by atoms with Crippen LogP contribution in [-0.4, -0.2) is 28.0 Å². The summed E-state index contributed by atoms with van der Waals surface area (Å²) in [4.78, 5) is 17.3. The Morgan fingerprint density at radius 1 is 0.960 bits per heavy atom. The van der Waals surface area contributed by atoms with Gasteiger partial charge in [-0.1, -0.05) is 24.6 Å². The Bertz CT molecular complexity index is 728. The quantitative estimate of drug-likeness (QED) is 0.792. The summed E-state index contributed by atoms with van der Waals surface area (Å²) in [7, 11) is 0. The zero-order chi connectivity index (χ0) is 17.3. The van der Waals surface area contributed by atoms with Crippen molar-refractivity contribution in [2.24, 2.45) is 5.41 Å². The molecule has 1 aliphatic heterocycles. The normalized spacial score (nSPS) is 19.5. The molecule has 2 aromatic rings. The smallest absolute Gasteiger partial charge is 0.147 e. The molecule has 0 radical (unpaired) electrons. The Labute approximate surface area is 154 Å². The summed E-state index contributed by atoms with van der Waals surface area (Å²) in [5, 5.41) is 0.946. The maximum absolute atomic E-state index is 4.69. The van der Waals surface area contributed by atoms with Crippen molar-refractivity contribution in [3.05, 3.63) is 35.9 Å². The molecular formula is C20H26N4S. The summed E-state index contributed by atoms with van der Waals surface area (Å²) >= 11 is 1.67. The highest BCUT2D eigenvalue weighted by atomic mass is 32.2. The van der Waals surface area contributed by atoms with Crippen molar-refractivity contribution < 1.29 is 0 Å². The van der Waals surface area contributed by atoms with Crippen LogP contribution in [0.3, 0.4) is 0 Å². The Morgan fingerprint density at radius 2 is 1.72 bits per heavy atom. The fourth-order valence-corrected chi connectivity index (χ4v) is 5.07. The molecular weight excluding hydrogens is 328 g/mol. The summed E-state index contributed by atoms with van der Waals surface area (Å²) in [5.41, 5.74) is 2.94. The van der Waals surface area contributed by atoms with E-state index in [4.69, 9.17) is 4.98 Å². The number of nitrogens with zero attached hydrogens (tertiary/aromatic N) is 4. The lowest BCUT2D eigenvalue weighted by molar-refractivity contribution is 0.226. The highest BCUT2D eigenvalue weighted by molar-refractivity contribution is 7.99. The molecule has 2 aromatic heterocycles. The van der Waals surface area contributed by atoms with Crippen molar-refractivity contribution in [2.75, 3.05) is 18.0 Å². The minimum atomic E-state index is 0.649. The second kappa shape index (κ2) is 6.94. The summed E-state index contributed by atoms with van der Waals surface area (Å²) < 4.78 is 0. The van der Waals surface area contributed by atoms with Crippen LogP contribution in [0.25, 0.3) is 0 Å². The predicted octanol–water partition coefficient (Wildman–Crippen LogP) is 4.80. The van der Waals surface area contributed by atoms with Gasteiger partial charge in [-0.25, -0.2) is 9.97 Å². The van der Waals surface area contributed by atoms with E-state index in [1.54, 1.807) is 11.8 Å². The van der Waals surface area contributed by atoms with Crippen molar-refractivity contribution in [1.29, 1.82) is 0 Å². The Morgan fingerprint density at radius 3 is 2.40 bits per heavy atom. The number of rotatable bonds is 3. The van der Waals surface area contributed by atoms with Crippen LogP contribution in [0.4, 0.5) is 5.82 Å². The molecule has 0 atom stereocenters. The van der Waals surface area contributed by atoms with Gasteiger partial charge in [-0.05, 0) is 56.6 Å². The van der Waals surface area contributed by atoms with Crippen molar-refractivity contribution in [3.63, 3.8) is 0 Å². The van der Waals surface area contributed by atoms with Crippen LogP contribution in [0.2, 0.25) is 0 Å². The Hall–Kier alpha value is -1.62. The molecule has 1 saturated heterocycles. The first kappa shape index (κ1) is 16.8. The third kappa shape index (κ3) is 3.52. The molecule has 2 aliphatic rings. The highest BCUT2D eigenvalue weighted by Gasteiger charge is 2.37. The molecule has 1 saturated carbocycles. The van der Waals surface area contributed by atoms with Gasteiger partial charge in [0.25, 0.3) is 0 Å². The molecule has 4 nitrogen and oxygen atoms in total. The van der Waals surface area contributed by atoms with Gasteiger partial charge in [-0.2, -0.15) is 0 Å². The average Bonchev–Trinajstić information content (AvgIpc) is 3.09. The van der Waals surface area contributed by atoms with Gasteiger partial charge in [-0.3, -0.25) is 4.98 Å². The summed E-state index contributed by atoms with van der Waals surface area (Å²) in [6.45, 7) is 6.41. The maximum Gasteiger partial charge on any atom is 0.147 e. The maximum atomic E-state index is 4.69. The molecule has 0 bridgehead atoms. The highest BCUT2D eigenvalue weighted by Crippen LogP contribution is 2.46. The van der Waals surface area contributed by atoms with E-state index in [9.17, 15) is 0 Å². The van der Waals surface area contributed by atoms with E-state index in [-0.39, 0.29) is 0 Å². The van der Waals surface area contributed by atoms with Crippen LogP contribution in [0.5, 0.6) is 0 Å². The molecule has 1 spiro atoms. The number of aromatic nitrogens is 3. The second-order valence-electron chi connectivity index (χ2n) is 7.53. The summed E-state index contributed by atoms with van der Waals surface area (Å²) in [6.07, 6.45) is 14.1. The first-order chi connectivity index (χ1) is 12.2. The van der Waals surface area contributed by atoms with Crippen molar-refractivity contribution in [3.8, 4) is 0 Å². The van der Waals surface area contributed by atoms with Crippen LogP contribution in [0.15, 0.2) is 34.6 Å². The van der Waals surface area contributed by atoms with E-state index < -0.39 is 0 Å². The molecule has 132 valence electrons. The van der Waals surface area contributed by atoms with E-state index in [2.05, 4.69) is 21.8 Å². The lowest BCUT2D eigenvalue weighted by atomic mass is 9.77. The van der Waals surface area contributed by atoms with Gasteiger partial charge in [0.1, 0.15) is 10.8 Å². The third-order valence-corrected chi connectivity index (χ3v) is 7.13. The largest absolute Gasteiger partial charge is 0.355 e. The first-order valence-electron chi connectivity index (χ1n) is 9.32. The Kier molecular flexibility index (Phi) is 4.67. The summed E-state index contributed by atoms with van der Waals surface area (Å²) in [5.74, 6) is 1.03. The van der Waals surface area contributed by atoms with Gasteiger partial charge in [0.15, 0.2) is 0 Å². The number of anilines is 1. The molecule has 2 fully saturated rings. The molecule has 5 heteroatoms. The summed E-state index contributed by atoms with van der Waals surface area (Å²) in [6, 6.07) is 2.05. The molecule has 25 heavy (non-hydrogen) atoms. The van der Waals surface area contributed by atoms with E-state index in [0.717, 1.165) is 29.6 Å². The molecule has 1 aliphatic carbocycles. The number of piperidine rings is 1. The van der Waals surface area contributed by atoms with E-state index in [0.29, 0.717) is 5.41 Å². The third-order valence-electron chi connectivity index (χ3n) is 6.05. The topological polar surface area (TPSA) is 41.9 Å². The van der Waals surface area contributed by atoms with Crippen molar-refractivity contribution in [2.45, 2.75) is 62.3 Å². The van der Waals surface area contributed by atoms with Crippen LogP contribution in [-0.2, 0) is 0 Å². The second-order valence-corrected chi connectivity index (χ2v) is 8.59. The minimum absolute atomic E-state index is 0.649. The molecule has 0 aromatic carbocycles. The average molecular weight is 355 g/mol. The predicted molar refractivity (Wildman–Crippen MR) is 102 cm³/mol. The van der Waals surface area contributed by atoms with Gasteiger partial charge in [0, 0.05) is 29.9 Å². The zero-order valence-electron chi connectivity index (χ0n) is 15.2. The lowest BCUT2D eigenvalue weighted by Gasteiger charge is -2.39. The van der Waals surface area contributed by atoms with E-state index in [1.165, 1.54) is 49.0 Å². The van der Waals surface area contributed by atoms with Gasteiger partial charge in [-0.15, -0.1) is 0 Å². The van der Waals surface area contributed by atoms with Gasteiger partial charge in [0.05, 0.1) is 12.4 Å². The SMILES string of the molecule is Cc1nccc(Sc2cnc(N3CCC4(CCCC4)CC3)cn2)c1C. The van der Waals surface area contributed by atoms with Gasteiger partial charge in [0.2, 0.25) is 0 Å². The van der Waals surface area contributed by atoms with Gasteiger partial charge >= 0.3 is 0 Å². The number of hydrogen-bond donors (Lipinski definition) is 0. The standard InChI is InChI=1S/C20H26N4S/c1-15-16(2)21-10-5-17(15)25-19-14-22-18(13-23-19)24-11-8-20(9-12-24)6-3-4-7-20/h5,10,13-14H,3-4,6-9,11-12H2,1-2H3. The van der Waals surface area contributed by atoms with Crippen LogP contribution < -0.4 is 4.90 Å². The molecule has 0 unspecified atom stereocenters. The molecule has 4 rings (SSSR count). The number of pyridine rings is 1. The van der Waals surface area contributed by atoms with Crippen LogP contribution in [0, 0.1) is 19.3 Å². The van der Waals surface area contributed by atoms with E-state index >= 15 is 0 Å². The molecule has 0 N–H and O–H groups in total. The fraction of sp³-hybridized carbons (Fsp3) is 0.550. The number of aryl methyl sites for hydroxylation is 1. The lowest BCUT2D eigenvalue weighted by Crippen LogP contribution is -2.39. The first-order valence-corrected chi connectivity index (χ1v) is 10.1. The minimum Gasteiger partial charge on any atom is -0.355 e. The van der Waals surface area contributed by atoms with Crippen molar-refractivity contribution >= 4 is 17.6 Å². The monoisotopic (exact) mass is 354 g/mol. The van der Waals surface area contributed by atoms with Gasteiger partial charge < -0.3 is 4.90 Å². The molecule has 3 heterocycles. The van der Waals surface area contributed by atoms with E-state index in [1.807, 2.05) is 31.6 Å². The van der Waals surface area contributed by atoms with Crippen molar-refractivity contribution in [1.82, 2.24) is 15.0 Å². The molecule has 0 amide bonds. The number of hydrogen-bond acceptors (Lipinski definition) is 5. The van der Waals surface area contributed by atoms with Crippen LogP contribution >= 0.6 is 11.8 Å². The zero-order valence-corrected chi connectivity index (χ0v) is 16.0. The fourth-order valence-electron chi connectivity index (χ4n) is 4.20. The Balaban J connectivity index is 1.41.